The Balaban J connectivity index is 1.74. The summed E-state index contributed by atoms with van der Waals surface area (Å²) in [6.07, 6.45) is -1.33. The number of aromatic nitrogens is 4. The van der Waals surface area contributed by atoms with Gasteiger partial charge in [0.25, 0.3) is 5.91 Å². The lowest BCUT2D eigenvalue weighted by molar-refractivity contribution is -0.138. The number of hydrogen-bond donors (Lipinski definition) is 1. The van der Waals surface area contributed by atoms with Gasteiger partial charge in [-0.2, -0.15) is 18.3 Å². The first kappa shape index (κ1) is 17.2. The van der Waals surface area contributed by atoms with E-state index in [1.807, 2.05) is 0 Å². The lowest BCUT2D eigenvalue weighted by Crippen LogP contribution is -2.36. The summed E-state index contributed by atoms with van der Waals surface area (Å²) < 4.78 is 41.8. The molecule has 134 valence electrons. The number of alkyl halides is 3. The van der Waals surface area contributed by atoms with Crippen LogP contribution in [0.4, 0.5) is 13.2 Å². The number of rotatable bonds is 2. The zero-order valence-electron chi connectivity index (χ0n) is 13.4. The van der Waals surface area contributed by atoms with Crippen molar-refractivity contribution in [3.8, 4) is 0 Å². The molecule has 25 heavy (non-hydrogen) atoms. The molecule has 1 unspecified atom stereocenters. The highest BCUT2D eigenvalue weighted by molar-refractivity contribution is 5.95. The molecule has 0 fully saturated rings. The van der Waals surface area contributed by atoms with Crippen molar-refractivity contribution in [3.63, 3.8) is 0 Å². The SMILES string of the molecule is Cn1nc2n(c1=O)CCC(NC(=O)c1cnccc1C(F)(F)F)CC2. The third-order valence-electron chi connectivity index (χ3n) is 4.21. The molecule has 0 radical (unpaired) electrons. The van der Waals surface area contributed by atoms with E-state index in [1.165, 1.54) is 9.25 Å². The van der Waals surface area contributed by atoms with Crippen LogP contribution in [-0.2, 0) is 26.2 Å². The molecular formula is C15H16F3N5O2. The van der Waals surface area contributed by atoms with Gasteiger partial charge in [0.05, 0.1) is 11.1 Å². The Morgan fingerprint density at radius 3 is 2.84 bits per heavy atom. The molecule has 1 amide bonds. The van der Waals surface area contributed by atoms with Crippen molar-refractivity contribution in [2.45, 2.75) is 38.0 Å². The molecule has 7 nitrogen and oxygen atoms in total. The van der Waals surface area contributed by atoms with Gasteiger partial charge in [-0.15, -0.1) is 0 Å². The highest BCUT2D eigenvalue weighted by Gasteiger charge is 2.35. The summed E-state index contributed by atoms with van der Waals surface area (Å²) >= 11 is 0. The first-order chi connectivity index (χ1) is 11.8. The summed E-state index contributed by atoms with van der Waals surface area (Å²) in [4.78, 5) is 27.8. The van der Waals surface area contributed by atoms with Crippen LogP contribution in [0.15, 0.2) is 23.3 Å². The molecule has 3 rings (SSSR count). The van der Waals surface area contributed by atoms with Gasteiger partial charge in [0, 0.05) is 38.4 Å². The summed E-state index contributed by atoms with van der Waals surface area (Å²) in [5.41, 5.74) is -1.77. The number of carbonyl (C=O) groups excluding carboxylic acids is 1. The Morgan fingerprint density at radius 1 is 1.36 bits per heavy atom. The Hall–Kier alpha value is -2.65. The maximum Gasteiger partial charge on any atom is 0.417 e. The average molecular weight is 355 g/mol. The highest BCUT2D eigenvalue weighted by atomic mass is 19.4. The fourth-order valence-corrected chi connectivity index (χ4v) is 2.93. The second-order valence-corrected chi connectivity index (χ2v) is 5.89. The maximum absolute atomic E-state index is 13.0. The van der Waals surface area contributed by atoms with Crippen molar-refractivity contribution in [1.82, 2.24) is 24.6 Å². The second-order valence-electron chi connectivity index (χ2n) is 5.89. The van der Waals surface area contributed by atoms with Gasteiger partial charge in [-0.25, -0.2) is 9.48 Å². The van der Waals surface area contributed by atoms with Crippen molar-refractivity contribution in [2.24, 2.45) is 7.05 Å². The number of hydrogen-bond acceptors (Lipinski definition) is 4. The van der Waals surface area contributed by atoms with Crippen molar-refractivity contribution in [3.05, 3.63) is 45.9 Å². The third-order valence-corrected chi connectivity index (χ3v) is 4.21. The van der Waals surface area contributed by atoms with Crippen molar-refractivity contribution in [1.29, 1.82) is 0 Å². The van der Waals surface area contributed by atoms with Gasteiger partial charge in [0.2, 0.25) is 0 Å². The molecule has 2 aromatic rings. The minimum Gasteiger partial charge on any atom is -0.349 e. The van der Waals surface area contributed by atoms with E-state index in [0.29, 0.717) is 31.6 Å². The van der Waals surface area contributed by atoms with Crippen molar-refractivity contribution >= 4 is 5.91 Å². The zero-order chi connectivity index (χ0) is 18.2. The van der Waals surface area contributed by atoms with Crippen LogP contribution in [0.1, 0.15) is 34.6 Å². The Morgan fingerprint density at radius 2 is 2.12 bits per heavy atom. The minimum absolute atomic E-state index is 0.242. The highest BCUT2D eigenvalue weighted by Crippen LogP contribution is 2.31. The van der Waals surface area contributed by atoms with Crippen molar-refractivity contribution < 1.29 is 18.0 Å². The van der Waals surface area contributed by atoms with Crippen LogP contribution in [0.3, 0.4) is 0 Å². The largest absolute Gasteiger partial charge is 0.417 e. The van der Waals surface area contributed by atoms with Gasteiger partial charge in [-0.3, -0.25) is 14.3 Å². The third kappa shape index (κ3) is 3.42. The van der Waals surface area contributed by atoms with Gasteiger partial charge in [-0.1, -0.05) is 0 Å². The van der Waals surface area contributed by atoms with Crippen molar-refractivity contribution in [2.75, 3.05) is 0 Å². The van der Waals surface area contributed by atoms with E-state index in [1.54, 1.807) is 7.05 Å². The van der Waals surface area contributed by atoms with Gasteiger partial charge >= 0.3 is 11.9 Å². The molecule has 0 aliphatic carbocycles. The Labute approximate surface area is 140 Å². The number of pyridine rings is 1. The van der Waals surface area contributed by atoms with Crippen LogP contribution in [0.25, 0.3) is 0 Å². The smallest absolute Gasteiger partial charge is 0.349 e. The van der Waals surface area contributed by atoms with E-state index < -0.39 is 23.2 Å². The van der Waals surface area contributed by atoms with Gasteiger partial charge in [-0.05, 0) is 18.9 Å². The van der Waals surface area contributed by atoms with E-state index in [9.17, 15) is 22.8 Å². The first-order valence-electron chi connectivity index (χ1n) is 7.72. The molecular weight excluding hydrogens is 339 g/mol. The van der Waals surface area contributed by atoms with Crippen LogP contribution in [0.5, 0.6) is 0 Å². The molecule has 1 N–H and O–H groups in total. The lowest BCUT2D eigenvalue weighted by atomic mass is 10.1. The van der Waals surface area contributed by atoms with Gasteiger partial charge < -0.3 is 5.32 Å². The summed E-state index contributed by atoms with van der Waals surface area (Å²) in [6.45, 7) is 0.353. The van der Waals surface area contributed by atoms with Crippen LogP contribution in [0, 0.1) is 0 Å². The maximum atomic E-state index is 13.0. The lowest BCUT2D eigenvalue weighted by Gasteiger charge is -2.18. The number of halogens is 3. The standard InChI is InChI=1S/C15H16F3N5O2/c1-22-14(25)23-7-5-9(2-3-12(23)21-22)20-13(24)10-8-19-6-4-11(10)15(16,17)18/h4,6,8-9H,2-3,5,7H2,1H3,(H,20,24). The molecule has 2 aromatic heterocycles. The average Bonchev–Trinajstić information content (AvgIpc) is 2.71. The summed E-state index contributed by atoms with van der Waals surface area (Å²) in [6, 6.07) is 0.432. The second kappa shape index (κ2) is 6.34. The number of aryl methyl sites for hydroxylation is 2. The summed E-state index contributed by atoms with van der Waals surface area (Å²) in [5.74, 6) is -0.209. The molecule has 0 aromatic carbocycles. The molecule has 1 atom stereocenters. The monoisotopic (exact) mass is 355 g/mol. The fraction of sp³-hybridized carbons (Fsp3) is 0.467. The molecule has 0 bridgehead atoms. The van der Waals surface area contributed by atoms with E-state index in [4.69, 9.17) is 0 Å². The summed E-state index contributed by atoms with van der Waals surface area (Å²) in [5, 5.41) is 6.74. The fourth-order valence-electron chi connectivity index (χ4n) is 2.93. The predicted octanol–water partition coefficient (Wildman–Crippen LogP) is 1.13. The first-order valence-corrected chi connectivity index (χ1v) is 7.72. The molecule has 0 spiro atoms. The number of fused-ring (bicyclic) bond motifs is 1. The normalized spacial score (nSPS) is 17.7. The number of carbonyl (C=O) groups is 1. The number of nitrogens with one attached hydrogen (secondary N) is 1. The minimum atomic E-state index is -4.63. The molecule has 1 aliphatic rings. The van der Waals surface area contributed by atoms with Gasteiger partial charge in [0.1, 0.15) is 5.82 Å². The number of amides is 1. The molecule has 0 saturated carbocycles. The Bertz CT molecular complexity index is 856. The van der Waals surface area contributed by atoms with Crippen LogP contribution >= 0.6 is 0 Å². The van der Waals surface area contributed by atoms with Crippen LogP contribution < -0.4 is 11.0 Å². The summed E-state index contributed by atoms with van der Waals surface area (Å²) in [7, 11) is 1.56. The molecule has 1 aliphatic heterocycles. The van der Waals surface area contributed by atoms with E-state index in [-0.39, 0.29) is 11.7 Å². The zero-order valence-corrected chi connectivity index (χ0v) is 13.4. The van der Waals surface area contributed by atoms with E-state index in [0.717, 1.165) is 18.5 Å². The van der Waals surface area contributed by atoms with Gasteiger partial charge in [0.15, 0.2) is 0 Å². The molecule has 0 saturated heterocycles. The number of nitrogens with zero attached hydrogens (tertiary/aromatic N) is 4. The van der Waals surface area contributed by atoms with E-state index >= 15 is 0 Å². The van der Waals surface area contributed by atoms with Crippen LogP contribution in [-0.4, -0.2) is 31.3 Å². The predicted molar refractivity (Wildman–Crippen MR) is 80.9 cm³/mol. The topological polar surface area (TPSA) is 81.8 Å². The quantitative estimate of drug-likeness (QED) is 0.876. The molecule has 3 heterocycles. The van der Waals surface area contributed by atoms with Crippen LogP contribution in [0.2, 0.25) is 0 Å². The Kier molecular flexibility index (Phi) is 4.36. The van der Waals surface area contributed by atoms with E-state index in [2.05, 4.69) is 15.4 Å². The molecule has 10 heteroatoms.